The van der Waals surface area contributed by atoms with Crippen molar-refractivity contribution in [2.24, 2.45) is 0 Å². The zero-order valence-electron chi connectivity index (χ0n) is 38.9. The second-order valence-electron chi connectivity index (χ2n) is 17.6. The van der Waals surface area contributed by atoms with E-state index in [-0.39, 0.29) is 24.9 Å². The molecule has 0 aromatic rings. The zero-order chi connectivity index (χ0) is 42.4. The third-order valence-electron chi connectivity index (χ3n) is 11.8. The van der Waals surface area contributed by atoms with Crippen LogP contribution in [0.15, 0.2) is 24.3 Å². The Bertz CT molecular complexity index is 919. The number of ether oxygens (including phenoxy) is 1. The van der Waals surface area contributed by atoms with E-state index in [1.165, 1.54) is 180 Å². The molecule has 0 saturated heterocycles. The Balaban J connectivity index is 4.56. The van der Waals surface area contributed by atoms with Crippen molar-refractivity contribution in [2.45, 2.75) is 289 Å². The van der Waals surface area contributed by atoms with Crippen LogP contribution in [0.4, 0.5) is 0 Å². The van der Waals surface area contributed by atoms with Gasteiger partial charge in [-0.1, -0.05) is 244 Å². The van der Waals surface area contributed by atoms with E-state index in [0.29, 0.717) is 12.8 Å². The number of nitrogens with one attached hydrogen (secondary N) is 1. The third-order valence-corrected chi connectivity index (χ3v) is 11.8. The summed E-state index contributed by atoms with van der Waals surface area (Å²) < 4.78 is 5.82. The molecule has 3 atom stereocenters. The highest BCUT2D eigenvalue weighted by molar-refractivity contribution is 5.78. The van der Waals surface area contributed by atoms with Gasteiger partial charge in [0.25, 0.3) is 0 Å². The van der Waals surface area contributed by atoms with E-state index in [9.17, 15) is 19.8 Å². The van der Waals surface area contributed by atoms with Crippen LogP contribution in [0.25, 0.3) is 0 Å². The molecule has 6 heteroatoms. The molecule has 0 aliphatic carbocycles. The van der Waals surface area contributed by atoms with Gasteiger partial charge in [0.2, 0.25) is 5.91 Å². The predicted molar refractivity (Wildman–Crippen MR) is 250 cm³/mol. The van der Waals surface area contributed by atoms with E-state index in [2.05, 4.69) is 38.2 Å². The first-order valence-electron chi connectivity index (χ1n) is 25.6. The molecule has 0 spiro atoms. The van der Waals surface area contributed by atoms with E-state index < -0.39 is 18.2 Å². The maximum absolute atomic E-state index is 13.1. The summed E-state index contributed by atoms with van der Waals surface area (Å²) in [5.41, 5.74) is 0. The summed E-state index contributed by atoms with van der Waals surface area (Å²) in [7, 11) is 0. The topological polar surface area (TPSA) is 95.9 Å². The molecule has 342 valence electrons. The smallest absolute Gasteiger partial charge is 0.306 e. The minimum atomic E-state index is -0.806. The maximum atomic E-state index is 13.1. The van der Waals surface area contributed by atoms with Gasteiger partial charge in [0.15, 0.2) is 0 Å². The van der Waals surface area contributed by atoms with Gasteiger partial charge < -0.3 is 20.3 Å². The highest BCUT2D eigenvalue weighted by atomic mass is 16.5. The molecular formula is C52H99NO5. The summed E-state index contributed by atoms with van der Waals surface area (Å²) in [6.07, 6.45) is 52.7. The highest BCUT2D eigenvalue weighted by Gasteiger charge is 2.23. The number of hydrogen-bond donors (Lipinski definition) is 3. The van der Waals surface area contributed by atoms with Crippen LogP contribution in [0.2, 0.25) is 0 Å². The van der Waals surface area contributed by atoms with Crippen LogP contribution in [-0.2, 0) is 14.3 Å². The molecule has 1 amide bonds. The van der Waals surface area contributed by atoms with Gasteiger partial charge >= 0.3 is 5.97 Å². The number of aliphatic hydroxyl groups excluding tert-OH is 2. The quantitative estimate of drug-likeness (QED) is 0.0323. The largest absolute Gasteiger partial charge is 0.458 e. The lowest BCUT2D eigenvalue weighted by atomic mass is 10.0. The molecule has 0 saturated carbocycles. The SMILES string of the molecule is CCCCCCCC/C=C\C/C=C/C(CC(=O)NC(CO)C(O)CCCCCCCCCCCCCCCCC)OC(=O)CCCCCCCCCCCCCCC. The lowest BCUT2D eigenvalue weighted by molar-refractivity contribution is -0.148. The van der Waals surface area contributed by atoms with Gasteiger partial charge in [0.05, 0.1) is 25.2 Å². The van der Waals surface area contributed by atoms with E-state index in [1.807, 2.05) is 12.2 Å². The van der Waals surface area contributed by atoms with Gasteiger partial charge in [-0.25, -0.2) is 0 Å². The summed E-state index contributed by atoms with van der Waals surface area (Å²) in [6, 6.07) is -0.727. The normalized spacial score (nSPS) is 13.4. The lowest BCUT2D eigenvalue weighted by Crippen LogP contribution is -2.46. The molecule has 58 heavy (non-hydrogen) atoms. The van der Waals surface area contributed by atoms with Crippen molar-refractivity contribution in [3.63, 3.8) is 0 Å². The summed E-state index contributed by atoms with van der Waals surface area (Å²) in [5, 5.41) is 23.7. The number of aliphatic hydroxyl groups is 2. The fourth-order valence-electron chi connectivity index (χ4n) is 7.87. The Labute approximate surface area is 361 Å². The Kier molecular flexibility index (Phi) is 45.1. The van der Waals surface area contributed by atoms with Crippen molar-refractivity contribution >= 4 is 11.9 Å². The average molecular weight is 818 g/mol. The van der Waals surface area contributed by atoms with Crippen LogP contribution < -0.4 is 5.32 Å². The monoisotopic (exact) mass is 818 g/mol. The van der Waals surface area contributed by atoms with Crippen LogP contribution in [-0.4, -0.2) is 46.9 Å². The van der Waals surface area contributed by atoms with Gasteiger partial charge in [0.1, 0.15) is 6.10 Å². The van der Waals surface area contributed by atoms with Gasteiger partial charge in [0, 0.05) is 6.42 Å². The molecule has 0 aliphatic heterocycles. The minimum absolute atomic E-state index is 0.0233. The molecule has 3 unspecified atom stereocenters. The first-order valence-corrected chi connectivity index (χ1v) is 25.6. The molecule has 0 heterocycles. The first-order chi connectivity index (χ1) is 28.5. The number of esters is 1. The van der Waals surface area contributed by atoms with E-state index >= 15 is 0 Å². The lowest BCUT2D eigenvalue weighted by Gasteiger charge is -2.23. The van der Waals surface area contributed by atoms with Crippen LogP contribution in [0.3, 0.4) is 0 Å². The number of hydrogen-bond acceptors (Lipinski definition) is 5. The second kappa shape index (κ2) is 46.4. The zero-order valence-corrected chi connectivity index (χ0v) is 38.9. The molecule has 0 fully saturated rings. The van der Waals surface area contributed by atoms with E-state index in [0.717, 1.165) is 51.4 Å². The van der Waals surface area contributed by atoms with Crippen molar-refractivity contribution in [1.82, 2.24) is 5.32 Å². The number of carbonyl (C=O) groups is 2. The number of amides is 1. The minimum Gasteiger partial charge on any atom is -0.458 e. The summed E-state index contributed by atoms with van der Waals surface area (Å²) in [4.78, 5) is 26.0. The molecule has 3 N–H and O–H groups in total. The molecular weight excluding hydrogens is 719 g/mol. The van der Waals surface area contributed by atoms with Crippen molar-refractivity contribution in [2.75, 3.05) is 6.61 Å². The molecule has 6 nitrogen and oxygen atoms in total. The van der Waals surface area contributed by atoms with Crippen molar-refractivity contribution < 1.29 is 24.5 Å². The molecule has 0 bridgehead atoms. The van der Waals surface area contributed by atoms with Crippen molar-refractivity contribution in [1.29, 1.82) is 0 Å². The van der Waals surface area contributed by atoms with Crippen molar-refractivity contribution in [3.8, 4) is 0 Å². The number of allylic oxidation sites excluding steroid dienone is 3. The summed E-state index contributed by atoms with van der Waals surface area (Å²) in [6.45, 7) is 6.46. The average Bonchev–Trinajstić information content (AvgIpc) is 3.22. The highest BCUT2D eigenvalue weighted by Crippen LogP contribution is 2.17. The Hall–Kier alpha value is -1.66. The Morgan fingerprint density at radius 2 is 0.914 bits per heavy atom. The number of unbranched alkanes of at least 4 members (excludes halogenated alkanes) is 32. The van der Waals surface area contributed by atoms with Crippen molar-refractivity contribution in [3.05, 3.63) is 24.3 Å². The number of rotatable bonds is 46. The Morgan fingerprint density at radius 3 is 1.34 bits per heavy atom. The van der Waals surface area contributed by atoms with Crippen LogP contribution in [0, 0.1) is 0 Å². The van der Waals surface area contributed by atoms with Gasteiger partial charge in [-0.15, -0.1) is 0 Å². The second-order valence-corrected chi connectivity index (χ2v) is 17.6. The fraction of sp³-hybridized carbons (Fsp3) is 0.885. The van der Waals surface area contributed by atoms with Gasteiger partial charge in [-0.2, -0.15) is 0 Å². The maximum Gasteiger partial charge on any atom is 0.306 e. The molecule has 0 rings (SSSR count). The third kappa shape index (κ3) is 41.1. The van der Waals surface area contributed by atoms with Gasteiger partial charge in [-0.05, 0) is 38.2 Å². The van der Waals surface area contributed by atoms with E-state index in [1.54, 1.807) is 0 Å². The first kappa shape index (κ1) is 56.3. The molecule has 0 aromatic carbocycles. The standard InChI is InChI=1S/C52H99NO5/c1-4-7-10-13-16-19-22-24-25-27-29-32-35-38-41-44-50(55)49(47-54)53-51(56)46-48(43-40-37-34-31-28-21-18-15-12-9-6-3)58-52(57)45-42-39-36-33-30-26-23-20-17-14-11-8-5-2/h31,34,40,43,48-50,54-55H,4-30,32-33,35-39,41-42,44-47H2,1-3H3,(H,53,56)/b34-31-,43-40+. The fourth-order valence-corrected chi connectivity index (χ4v) is 7.87. The molecule has 0 radical (unpaired) electrons. The van der Waals surface area contributed by atoms with Gasteiger partial charge in [-0.3, -0.25) is 9.59 Å². The van der Waals surface area contributed by atoms with Crippen LogP contribution in [0.1, 0.15) is 271 Å². The number of carbonyl (C=O) groups excluding carboxylic acids is 2. The summed E-state index contributed by atoms with van der Waals surface area (Å²) in [5.74, 6) is -0.590. The van der Waals surface area contributed by atoms with E-state index in [4.69, 9.17) is 4.74 Å². The predicted octanol–water partition coefficient (Wildman–Crippen LogP) is 15.1. The molecule has 0 aromatic heterocycles. The van der Waals surface area contributed by atoms with Crippen LogP contribution >= 0.6 is 0 Å². The molecule has 0 aliphatic rings. The summed E-state index contributed by atoms with van der Waals surface area (Å²) >= 11 is 0. The van der Waals surface area contributed by atoms with Crippen LogP contribution in [0.5, 0.6) is 0 Å². The Morgan fingerprint density at radius 1 is 0.517 bits per heavy atom.